The highest BCUT2D eigenvalue weighted by Crippen LogP contribution is 2.29. The molecular formula is C22H25N3O3S. The van der Waals surface area contributed by atoms with Crippen molar-refractivity contribution in [1.82, 2.24) is 9.88 Å². The number of thiazole rings is 1. The molecule has 1 aromatic heterocycles. The molecular weight excluding hydrogens is 386 g/mol. The monoisotopic (exact) mass is 411 g/mol. The molecule has 152 valence electrons. The van der Waals surface area contributed by atoms with Gasteiger partial charge in [-0.1, -0.05) is 37.3 Å². The summed E-state index contributed by atoms with van der Waals surface area (Å²) in [5.41, 5.74) is 1.81. The molecule has 3 aromatic rings. The summed E-state index contributed by atoms with van der Waals surface area (Å²) in [7, 11) is 1.34. The highest BCUT2D eigenvalue weighted by molar-refractivity contribution is 7.22. The van der Waals surface area contributed by atoms with Crippen LogP contribution in [0.2, 0.25) is 0 Å². The second-order valence-corrected chi connectivity index (χ2v) is 7.53. The summed E-state index contributed by atoms with van der Waals surface area (Å²) in [4.78, 5) is 33.7. The molecule has 0 saturated heterocycles. The molecule has 0 aliphatic carbocycles. The zero-order valence-electron chi connectivity index (χ0n) is 16.9. The maximum absolute atomic E-state index is 13.3. The normalized spacial score (nSPS) is 11.0. The summed E-state index contributed by atoms with van der Waals surface area (Å²) in [6.45, 7) is 7.37. The van der Waals surface area contributed by atoms with E-state index in [0.29, 0.717) is 22.8 Å². The second-order valence-electron chi connectivity index (χ2n) is 6.52. The van der Waals surface area contributed by atoms with Crippen molar-refractivity contribution >= 4 is 38.6 Å². The lowest BCUT2D eigenvalue weighted by molar-refractivity contribution is 0.0600. The molecule has 0 aliphatic heterocycles. The lowest BCUT2D eigenvalue weighted by atomic mass is 10.1. The van der Waals surface area contributed by atoms with Crippen LogP contribution in [0.3, 0.4) is 0 Å². The van der Waals surface area contributed by atoms with Gasteiger partial charge >= 0.3 is 5.97 Å². The number of esters is 1. The van der Waals surface area contributed by atoms with Crippen molar-refractivity contribution in [3.8, 4) is 0 Å². The summed E-state index contributed by atoms with van der Waals surface area (Å²) < 4.78 is 5.77. The number of methoxy groups -OCH3 is 1. The fraction of sp³-hybridized carbons (Fsp3) is 0.318. The molecule has 3 rings (SSSR count). The second kappa shape index (κ2) is 9.62. The van der Waals surface area contributed by atoms with Crippen molar-refractivity contribution < 1.29 is 14.3 Å². The van der Waals surface area contributed by atoms with Gasteiger partial charge in [0, 0.05) is 18.7 Å². The third kappa shape index (κ3) is 4.81. The Morgan fingerprint density at radius 2 is 1.62 bits per heavy atom. The summed E-state index contributed by atoms with van der Waals surface area (Å²) in [5.74, 6) is -0.554. The molecule has 0 unspecified atom stereocenters. The van der Waals surface area contributed by atoms with Gasteiger partial charge in [0.15, 0.2) is 5.13 Å². The van der Waals surface area contributed by atoms with Crippen LogP contribution in [0.5, 0.6) is 0 Å². The zero-order valence-corrected chi connectivity index (χ0v) is 17.7. The number of benzene rings is 2. The number of nitrogens with zero attached hydrogens (tertiary/aromatic N) is 3. The Morgan fingerprint density at radius 1 is 0.966 bits per heavy atom. The van der Waals surface area contributed by atoms with E-state index in [9.17, 15) is 9.59 Å². The average Bonchev–Trinajstić information content (AvgIpc) is 3.19. The van der Waals surface area contributed by atoms with Crippen molar-refractivity contribution in [3.63, 3.8) is 0 Å². The molecule has 1 heterocycles. The van der Waals surface area contributed by atoms with E-state index in [1.54, 1.807) is 29.2 Å². The smallest absolute Gasteiger partial charge is 0.337 e. The van der Waals surface area contributed by atoms with Gasteiger partial charge in [0.2, 0.25) is 0 Å². The topological polar surface area (TPSA) is 62.7 Å². The number of likely N-dealkylation sites (N-methyl/N-ethyl adjacent to an activating group) is 1. The average molecular weight is 412 g/mol. The van der Waals surface area contributed by atoms with E-state index in [0.717, 1.165) is 29.9 Å². The van der Waals surface area contributed by atoms with E-state index in [4.69, 9.17) is 4.74 Å². The Bertz CT molecular complexity index is 947. The minimum Gasteiger partial charge on any atom is -0.465 e. The van der Waals surface area contributed by atoms with Crippen LogP contribution < -0.4 is 4.90 Å². The first kappa shape index (κ1) is 21.0. The number of amides is 1. The van der Waals surface area contributed by atoms with Gasteiger partial charge in [0.1, 0.15) is 0 Å². The number of hydrogen-bond donors (Lipinski definition) is 0. The SMILES string of the molecule is CCN(CC)CCN(C(=O)c1ccc(C(=O)OC)cc1)c1nc2ccccc2s1. The first-order valence-corrected chi connectivity index (χ1v) is 10.5. The standard InChI is InChI=1S/C22H25N3O3S/c1-4-24(5-2)14-15-25(22-23-18-8-6-7-9-19(18)29-22)20(26)16-10-12-17(13-11-16)21(27)28-3/h6-13H,4-5,14-15H2,1-3H3. The Labute approximate surface area is 174 Å². The molecule has 0 radical (unpaired) electrons. The van der Waals surface area contributed by atoms with Crippen LogP contribution in [-0.2, 0) is 4.74 Å². The van der Waals surface area contributed by atoms with Gasteiger partial charge in [0.05, 0.1) is 22.9 Å². The van der Waals surface area contributed by atoms with Crippen LogP contribution in [-0.4, -0.2) is 55.0 Å². The predicted molar refractivity (Wildman–Crippen MR) is 117 cm³/mol. The molecule has 7 heteroatoms. The molecule has 6 nitrogen and oxygen atoms in total. The van der Waals surface area contributed by atoms with Crippen LogP contribution >= 0.6 is 11.3 Å². The largest absolute Gasteiger partial charge is 0.465 e. The van der Waals surface area contributed by atoms with Crippen molar-refractivity contribution in [2.45, 2.75) is 13.8 Å². The van der Waals surface area contributed by atoms with Crippen LogP contribution in [0, 0.1) is 0 Å². The Kier molecular flexibility index (Phi) is 6.95. The fourth-order valence-corrected chi connectivity index (χ4v) is 4.05. The number of hydrogen-bond acceptors (Lipinski definition) is 6. The van der Waals surface area contributed by atoms with Gasteiger partial charge < -0.3 is 9.64 Å². The van der Waals surface area contributed by atoms with Gasteiger partial charge in [-0.25, -0.2) is 9.78 Å². The summed E-state index contributed by atoms with van der Waals surface area (Å²) >= 11 is 1.51. The fourth-order valence-electron chi connectivity index (χ4n) is 3.06. The number of fused-ring (bicyclic) bond motifs is 1. The maximum Gasteiger partial charge on any atom is 0.337 e. The third-order valence-electron chi connectivity index (χ3n) is 4.85. The van der Waals surface area contributed by atoms with E-state index < -0.39 is 5.97 Å². The van der Waals surface area contributed by atoms with Crippen molar-refractivity contribution in [3.05, 3.63) is 59.7 Å². The number of carbonyl (C=O) groups excluding carboxylic acids is 2. The Balaban J connectivity index is 1.90. The lowest BCUT2D eigenvalue weighted by Crippen LogP contribution is -2.38. The van der Waals surface area contributed by atoms with Crippen LogP contribution in [0.25, 0.3) is 10.2 Å². The van der Waals surface area contributed by atoms with E-state index in [2.05, 4.69) is 23.7 Å². The minimum absolute atomic E-state index is 0.132. The summed E-state index contributed by atoms with van der Waals surface area (Å²) in [6, 6.07) is 14.4. The molecule has 0 spiro atoms. The van der Waals surface area contributed by atoms with E-state index >= 15 is 0 Å². The molecule has 2 aromatic carbocycles. The van der Waals surface area contributed by atoms with Gasteiger partial charge in [-0.2, -0.15) is 0 Å². The molecule has 0 atom stereocenters. The molecule has 0 fully saturated rings. The van der Waals surface area contributed by atoms with Crippen LogP contribution in [0.15, 0.2) is 48.5 Å². The van der Waals surface area contributed by atoms with Gasteiger partial charge in [-0.3, -0.25) is 9.69 Å². The van der Waals surface area contributed by atoms with Crippen molar-refractivity contribution in [2.75, 3.05) is 38.2 Å². The van der Waals surface area contributed by atoms with Gasteiger partial charge in [-0.15, -0.1) is 0 Å². The minimum atomic E-state index is -0.423. The summed E-state index contributed by atoms with van der Waals surface area (Å²) in [6.07, 6.45) is 0. The maximum atomic E-state index is 13.3. The molecule has 0 bridgehead atoms. The Hall–Kier alpha value is -2.77. The number of rotatable bonds is 8. The predicted octanol–water partition coefficient (Wildman–Crippen LogP) is 4.07. The molecule has 29 heavy (non-hydrogen) atoms. The molecule has 1 amide bonds. The summed E-state index contributed by atoms with van der Waals surface area (Å²) in [5, 5.41) is 0.681. The van der Waals surface area contributed by atoms with Crippen LogP contribution in [0.4, 0.5) is 5.13 Å². The van der Waals surface area contributed by atoms with Crippen molar-refractivity contribution in [2.24, 2.45) is 0 Å². The zero-order chi connectivity index (χ0) is 20.8. The molecule has 0 aliphatic rings. The van der Waals surface area contributed by atoms with E-state index in [-0.39, 0.29) is 5.91 Å². The number of carbonyl (C=O) groups is 2. The first-order valence-electron chi connectivity index (χ1n) is 9.65. The highest BCUT2D eigenvalue weighted by atomic mass is 32.1. The number of ether oxygens (including phenoxy) is 1. The first-order chi connectivity index (χ1) is 14.1. The molecule has 0 N–H and O–H groups in total. The van der Waals surface area contributed by atoms with E-state index in [1.807, 2.05) is 24.3 Å². The van der Waals surface area contributed by atoms with Crippen molar-refractivity contribution in [1.29, 1.82) is 0 Å². The Morgan fingerprint density at radius 3 is 2.24 bits per heavy atom. The van der Waals surface area contributed by atoms with Gasteiger partial charge in [0.25, 0.3) is 5.91 Å². The highest BCUT2D eigenvalue weighted by Gasteiger charge is 2.22. The van der Waals surface area contributed by atoms with Gasteiger partial charge in [-0.05, 0) is 49.5 Å². The van der Waals surface area contributed by atoms with E-state index in [1.165, 1.54) is 18.4 Å². The number of aromatic nitrogens is 1. The quantitative estimate of drug-likeness (QED) is 0.523. The third-order valence-corrected chi connectivity index (χ3v) is 5.91. The molecule has 0 saturated carbocycles. The number of para-hydroxylation sites is 1. The van der Waals surface area contributed by atoms with Crippen LogP contribution in [0.1, 0.15) is 34.6 Å². The number of anilines is 1. The lowest BCUT2D eigenvalue weighted by Gasteiger charge is -2.24.